The number of rotatable bonds is 3. The molecule has 1 heterocycles. The van der Waals surface area contributed by atoms with Crippen molar-refractivity contribution in [3.05, 3.63) is 68.8 Å². The fourth-order valence-corrected chi connectivity index (χ4v) is 3.23. The fraction of sp³-hybridized carbons (Fsp3) is 0.111. The maximum Gasteiger partial charge on any atom is 0.456 e. The van der Waals surface area contributed by atoms with E-state index < -0.39 is 17.7 Å². The van der Waals surface area contributed by atoms with E-state index in [1.807, 2.05) is 0 Å². The van der Waals surface area contributed by atoms with Crippen molar-refractivity contribution in [1.29, 1.82) is 0 Å². The first kappa shape index (κ1) is 19.7. The predicted octanol–water partition coefficient (Wildman–Crippen LogP) is 6.55. The Kier molecular flexibility index (Phi) is 5.25. The molecule has 0 aliphatic heterocycles. The zero-order valence-corrected chi connectivity index (χ0v) is 15.9. The van der Waals surface area contributed by atoms with Gasteiger partial charge in [-0.25, -0.2) is 4.68 Å². The van der Waals surface area contributed by atoms with Crippen LogP contribution in [0.5, 0.6) is 0 Å². The van der Waals surface area contributed by atoms with Gasteiger partial charge in [-0.05, 0) is 37.3 Å². The van der Waals surface area contributed by atoms with Gasteiger partial charge < -0.3 is 0 Å². The van der Waals surface area contributed by atoms with Gasteiger partial charge in [-0.3, -0.25) is 4.79 Å². The van der Waals surface area contributed by atoms with Gasteiger partial charge in [0.15, 0.2) is 0 Å². The highest BCUT2D eigenvalue weighted by molar-refractivity contribution is 6.35. The van der Waals surface area contributed by atoms with Crippen molar-refractivity contribution in [2.45, 2.75) is 13.1 Å². The molecule has 0 radical (unpaired) electrons. The molecule has 0 spiro atoms. The van der Waals surface area contributed by atoms with Crippen LogP contribution in [-0.4, -0.2) is 21.7 Å². The molecule has 3 rings (SSSR count). The lowest BCUT2D eigenvalue weighted by Crippen LogP contribution is -2.24. The molecule has 0 amide bonds. The largest absolute Gasteiger partial charge is 0.456 e. The Hall–Kier alpha value is -2.02. The van der Waals surface area contributed by atoms with Crippen LogP contribution in [0, 0.1) is 6.92 Å². The van der Waals surface area contributed by atoms with Gasteiger partial charge in [0.2, 0.25) is 0 Å². The van der Waals surface area contributed by atoms with Crippen molar-refractivity contribution >= 4 is 40.6 Å². The molecule has 0 saturated carbocycles. The van der Waals surface area contributed by atoms with E-state index in [1.165, 1.54) is 29.8 Å². The minimum atomic E-state index is -5.05. The van der Waals surface area contributed by atoms with Gasteiger partial charge >= 0.3 is 6.18 Å². The molecule has 0 aliphatic carbocycles. The molecular weight excluding hydrogens is 424 g/mol. The summed E-state index contributed by atoms with van der Waals surface area (Å²) in [5.41, 5.74) is 0.486. The molecule has 0 aliphatic rings. The first-order valence-corrected chi connectivity index (χ1v) is 8.65. The number of ketones is 1. The van der Waals surface area contributed by atoms with Crippen LogP contribution in [0.4, 0.5) is 13.2 Å². The minimum absolute atomic E-state index is 0.0747. The second-order valence-corrected chi connectivity index (χ2v) is 6.94. The summed E-state index contributed by atoms with van der Waals surface area (Å²) in [4.78, 5) is 11.8. The number of hydrogen-bond donors (Lipinski definition) is 0. The normalized spacial score (nSPS) is 11.7. The number of carbonyl (C=O) groups excluding carboxylic acids is 1. The predicted molar refractivity (Wildman–Crippen MR) is 99.2 cm³/mol. The van der Waals surface area contributed by atoms with Crippen LogP contribution >= 0.6 is 34.8 Å². The molecule has 3 aromatic rings. The van der Waals surface area contributed by atoms with Crippen LogP contribution in [0.1, 0.15) is 16.1 Å². The molecule has 0 fully saturated rings. The highest BCUT2D eigenvalue weighted by Gasteiger charge is 2.42. The number of carbonyl (C=O) groups is 1. The summed E-state index contributed by atoms with van der Waals surface area (Å²) in [6, 6.07) is 10.9. The molecular formula is C18H10Cl3F3N2O. The maximum atomic E-state index is 13.0. The van der Waals surface area contributed by atoms with Gasteiger partial charge in [-0.2, -0.15) is 18.3 Å². The van der Waals surface area contributed by atoms with Gasteiger partial charge in [0.1, 0.15) is 5.69 Å². The van der Waals surface area contributed by atoms with Crippen LogP contribution in [0.25, 0.3) is 16.9 Å². The third kappa shape index (κ3) is 3.83. The summed E-state index contributed by atoms with van der Waals surface area (Å²) < 4.78 is 40.2. The minimum Gasteiger partial charge on any atom is -0.282 e. The number of Topliss-reactive ketones (excluding diaryl/α,β-unsaturated/α-hetero) is 1. The van der Waals surface area contributed by atoms with E-state index >= 15 is 0 Å². The molecule has 140 valence electrons. The average molecular weight is 434 g/mol. The molecule has 0 N–H and O–H groups in total. The second-order valence-electron chi connectivity index (χ2n) is 5.66. The van der Waals surface area contributed by atoms with Crippen molar-refractivity contribution < 1.29 is 18.0 Å². The van der Waals surface area contributed by atoms with Crippen molar-refractivity contribution in [3.8, 4) is 16.9 Å². The van der Waals surface area contributed by atoms with E-state index in [0.717, 1.165) is 0 Å². The lowest BCUT2D eigenvalue weighted by atomic mass is 10.0. The lowest BCUT2D eigenvalue weighted by Gasteiger charge is -2.11. The van der Waals surface area contributed by atoms with Crippen molar-refractivity contribution in [1.82, 2.24) is 9.78 Å². The summed E-state index contributed by atoms with van der Waals surface area (Å²) in [6.07, 6.45) is -5.05. The number of alkyl halides is 3. The zero-order valence-electron chi connectivity index (χ0n) is 13.6. The standard InChI is InChI=1S/C18H10Cl3F3N2O/c1-9-15(17(27)18(22,23)24)25-26(14-7-6-12(20)8-13(14)21)16(9)10-2-4-11(19)5-3-10/h2-8H,1H3. The molecule has 0 bridgehead atoms. The summed E-state index contributed by atoms with van der Waals surface area (Å²) in [5, 5.41) is 4.91. The van der Waals surface area contributed by atoms with Crippen LogP contribution in [0.3, 0.4) is 0 Å². The Morgan fingerprint density at radius 1 is 1.00 bits per heavy atom. The topological polar surface area (TPSA) is 34.9 Å². The molecule has 3 nitrogen and oxygen atoms in total. The highest BCUT2D eigenvalue weighted by Crippen LogP contribution is 2.35. The summed E-state index contributed by atoms with van der Waals surface area (Å²) in [7, 11) is 0. The number of benzene rings is 2. The smallest absolute Gasteiger partial charge is 0.282 e. The molecule has 0 atom stereocenters. The Morgan fingerprint density at radius 3 is 2.15 bits per heavy atom. The third-order valence-electron chi connectivity index (χ3n) is 3.85. The molecule has 1 aromatic heterocycles. The SMILES string of the molecule is Cc1c(C(=O)C(F)(F)F)nn(-c2ccc(Cl)cc2Cl)c1-c1ccc(Cl)cc1. The maximum absolute atomic E-state index is 13.0. The van der Waals surface area contributed by atoms with E-state index in [1.54, 1.807) is 24.3 Å². The van der Waals surface area contributed by atoms with Gasteiger partial charge in [0.25, 0.3) is 5.78 Å². The van der Waals surface area contributed by atoms with Crippen LogP contribution in [-0.2, 0) is 0 Å². The van der Waals surface area contributed by atoms with Gasteiger partial charge in [0, 0.05) is 21.2 Å². The number of nitrogens with zero attached hydrogens (tertiary/aromatic N) is 2. The number of hydrogen-bond acceptors (Lipinski definition) is 2. The number of aromatic nitrogens is 2. The Labute approximate surface area is 167 Å². The Morgan fingerprint density at radius 2 is 1.59 bits per heavy atom. The molecule has 0 unspecified atom stereocenters. The van der Waals surface area contributed by atoms with Gasteiger partial charge in [-0.15, -0.1) is 0 Å². The second kappa shape index (κ2) is 7.19. The van der Waals surface area contributed by atoms with Crippen LogP contribution < -0.4 is 0 Å². The fourth-order valence-electron chi connectivity index (χ4n) is 2.62. The third-order valence-corrected chi connectivity index (χ3v) is 4.64. The van der Waals surface area contributed by atoms with Crippen LogP contribution in [0.2, 0.25) is 15.1 Å². The van der Waals surface area contributed by atoms with E-state index in [0.29, 0.717) is 21.3 Å². The average Bonchev–Trinajstić information content (AvgIpc) is 2.91. The van der Waals surface area contributed by atoms with Crippen LogP contribution in [0.15, 0.2) is 42.5 Å². The monoisotopic (exact) mass is 432 g/mol. The van der Waals surface area contributed by atoms with Crippen molar-refractivity contribution in [3.63, 3.8) is 0 Å². The molecule has 9 heteroatoms. The summed E-state index contributed by atoms with van der Waals surface area (Å²) in [5.74, 6) is -2.03. The van der Waals surface area contributed by atoms with E-state index in [2.05, 4.69) is 5.10 Å². The zero-order chi connectivity index (χ0) is 19.9. The van der Waals surface area contributed by atoms with Crippen molar-refractivity contribution in [2.24, 2.45) is 0 Å². The molecule has 0 saturated heterocycles. The first-order chi connectivity index (χ1) is 12.6. The molecule has 2 aromatic carbocycles. The number of halogens is 6. The van der Waals surface area contributed by atoms with Gasteiger partial charge in [0.05, 0.1) is 16.4 Å². The molecule has 27 heavy (non-hydrogen) atoms. The lowest BCUT2D eigenvalue weighted by molar-refractivity contribution is -0.0888. The summed E-state index contributed by atoms with van der Waals surface area (Å²) >= 11 is 18.0. The highest BCUT2D eigenvalue weighted by atomic mass is 35.5. The van der Waals surface area contributed by atoms with E-state index in [-0.39, 0.29) is 16.3 Å². The van der Waals surface area contributed by atoms with Crippen molar-refractivity contribution in [2.75, 3.05) is 0 Å². The van der Waals surface area contributed by atoms with E-state index in [9.17, 15) is 18.0 Å². The van der Waals surface area contributed by atoms with E-state index in [4.69, 9.17) is 34.8 Å². The quantitative estimate of drug-likeness (QED) is 0.439. The Bertz CT molecular complexity index is 1030. The Balaban J connectivity index is 2.31. The summed E-state index contributed by atoms with van der Waals surface area (Å²) in [6.45, 7) is 1.40. The first-order valence-electron chi connectivity index (χ1n) is 7.52. The van der Waals surface area contributed by atoms with Gasteiger partial charge in [-0.1, -0.05) is 46.9 Å².